The molecule has 0 aliphatic rings. The van der Waals surface area contributed by atoms with Crippen molar-refractivity contribution in [3.8, 4) is 5.82 Å². The van der Waals surface area contributed by atoms with Crippen molar-refractivity contribution in [1.82, 2.24) is 19.7 Å². The van der Waals surface area contributed by atoms with Crippen molar-refractivity contribution in [1.29, 1.82) is 0 Å². The molecule has 0 atom stereocenters. The maximum atomic E-state index is 11.4. The molecule has 94 valence electrons. The van der Waals surface area contributed by atoms with Gasteiger partial charge in [0.1, 0.15) is 0 Å². The molecule has 4 N–H and O–H groups in total. The average molecular weight is 254 g/mol. The lowest BCUT2D eigenvalue weighted by Gasteiger charge is -2.05. The maximum absolute atomic E-state index is 11.4. The number of primary amides is 1. The molecule has 0 aliphatic carbocycles. The first-order chi connectivity index (χ1) is 9.16. The second kappa shape index (κ2) is 4.05. The SMILES string of the molecule is NC(=O)c1nccnc1-n1ncc2ccc(N)cc21. The van der Waals surface area contributed by atoms with Crippen LogP contribution in [-0.2, 0) is 0 Å². The van der Waals surface area contributed by atoms with E-state index in [0.29, 0.717) is 5.69 Å². The number of hydrogen-bond acceptors (Lipinski definition) is 5. The van der Waals surface area contributed by atoms with Crippen molar-refractivity contribution >= 4 is 22.5 Å². The molecule has 7 nitrogen and oxygen atoms in total. The van der Waals surface area contributed by atoms with E-state index in [4.69, 9.17) is 11.5 Å². The van der Waals surface area contributed by atoms with Crippen LogP contribution in [0, 0.1) is 0 Å². The van der Waals surface area contributed by atoms with Crippen molar-refractivity contribution in [2.24, 2.45) is 5.73 Å². The van der Waals surface area contributed by atoms with Crippen LogP contribution < -0.4 is 11.5 Å². The zero-order valence-corrected chi connectivity index (χ0v) is 9.82. The zero-order valence-electron chi connectivity index (χ0n) is 9.82. The van der Waals surface area contributed by atoms with Gasteiger partial charge < -0.3 is 11.5 Å². The Labute approximate surface area is 107 Å². The van der Waals surface area contributed by atoms with Crippen molar-refractivity contribution in [2.75, 3.05) is 5.73 Å². The maximum Gasteiger partial charge on any atom is 0.271 e. The molecule has 0 aliphatic heterocycles. The molecule has 7 heteroatoms. The van der Waals surface area contributed by atoms with Crippen molar-refractivity contribution in [3.05, 3.63) is 42.5 Å². The highest BCUT2D eigenvalue weighted by Crippen LogP contribution is 2.20. The Morgan fingerprint density at radius 1 is 1.21 bits per heavy atom. The van der Waals surface area contributed by atoms with Crippen LogP contribution in [0.4, 0.5) is 5.69 Å². The summed E-state index contributed by atoms with van der Waals surface area (Å²) in [6.07, 6.45) is 4.54. The molecule has 2 heterocycles. The van der Waals surface area contributed by atoms with E-state index in [2.05, 4.69) is 15.1 Å². The second-order valence-corrected chi connectivity index (χ2v) is 3.97. The summed E-state index contributed by atoms with van der Waals surface area (Å²) in [4.78, 5) is 19.4. The number of nitrogens with zero attached hydrogens (tertiary/aromatic N) is 4. The fraction of sp³-hybridized carbons (Fsp3) is 0. The number of nitrogens with two attached hydrogens (primary N) is 2. The first kappa shape index (κ1) is 11.1. The molecule has 0 fully saturated rings. The van der Waals surface area contributed by atoms with Gasteiger partial charge in [-0.25, -0.2) is 14.6 Å². The molecule has 0 saturated carbocycles. The van der Waals surface area contributed by atoms with E-state index in [1.165, 1.54) is 17.1 Å². The third kappa shape index (κ3) is 1.77. The van der Waals surface area contributed by atoms with Gasteiger partial charge in [0.25, 0.3) is 5.91 Å². The number of nitrogen functional groups attached to an aromatic ring is 1. The van der Waals surface area contributed by atoms with Gasteiger partial charge in [-0.2, -0.15) is 5.10 Å². The molecule has 1 aromatic carbocycles. The number of carbonyl (C=O) groups is 1. The van der Waals surface area contributed by atoms with Crippen molar-refractivity contribution in [2.45, 2.75) is 0 Å². The first-order valence-corrected chi connectivity index (χ1v) is 5.51. The Balaban J connectivity index is 2.31. The Bertz CT molecular complexity index is 779. The lowest BCUT2D eigenvalue weighted by molar-refractivity contribution is 0.0995. The van der Waals surface area contributed by atoms with Gasteiger partial charge in [0.2, 0.25) is 0 Å². The van der Waals surface area contributed by atoms with Crippen molar-refractivity contribution < 1.29 is 4.79 Å². The largest absolute Gasteiger partial charge is 0.399 e. The summed E-state index contributed by atoms with van der Waals surface area (Å²) in [6, 6.07) is 5.37. The number of rotatable bonds is 2. The smallest absolute Gasteiger partial charge is 0.271 e. The van der Waals surface area contributed by atoms with Gasteiger partial charge in [0.15, 0.2) is 11.5 Å². The predicted molar refractivity (Wildman–Crippen MR) is 69.6 cm³/mol. The summed E-state index contributed by atoms with van der Waals surface area (Å²) in [6.45, 7) is 0. The summed E-state index contributed by atoms with van der Waals surface area (Å²) < 4.78 is 1.50. The Morgan fingerprint density at radius 2 is 2.00 bits per heavy atom. The second-order valence-electron chi connectivity index (χ2n) is 3.97. The molecule has 19 heavy (non-hydrogen) atoms. The van der Waals surface area contributed by atoms with Gasteiger partial charge >= 0.3 is 0 Å². The molecular weight excluding hydrogens is 244 g/mol. The van der Waals surface area contributed by atoms with Crippen LogP contribution in [0.5, 0.6) is 0 Å². The monoisotopic (exact) mass is 254 g/mol. The molecule has 0 bridgehead atoms. The number of carbonyl (C=O) groups excluding carboxylic acids is 1. The van der Waals surface area contributed by atoms with Crippen LogP contribution >= 0.6 is 0 Å². The van der Waals surface area contributed by atoms with E-state index >= 15 is 0 Å². The van der Waals surface area contributed by atoms with Gasteiger partial charge in [0.05, 0.1) is 11.7 Å². The van der Waals surface area contributed by atoms with Gasteiger partial charge in [-0.1, -0.05) is 0 Å². The van der Waals surface area contributed by atoms with Crippen LogP contribution in [0.25, 0.3) is 16.7 Å². The number of anilines is 1. The normalized spacial score (nSPS) is 10.7. The van der Waals surface area contributed by atoms with E-state index in [-0.39, 0.29) is 11.5 Å². The number of fused-ring (bicyclic) bond motifs is 1. The molecule has 0 spiro atoms. The molecule has 0 radical (unpaired) electrons. The summed E-state index contributed by atoms with van der Waals surface area (Å²) in [7, 11) is 0. The number of hydrogen-bond donors (Lipinski definition) is 2. The molecule has 3 rings (SSSR count). The highest BCUT2D eigenvalue weighted by molar-refractivity contribution is 5.94. The molecule has 1 amide bonds. The highest BCUT2D eigenvalue weighted by atomic mass is 16.1. The number of amides is 1. The van der Waals surface area contributed by atoms with Crippen LogP contribution in [0.15, 0.2) is 36.8 Å². The van der Waals surface area contributed by atoms with E-state index in [1.54, 1.807) is 18.3 Å². The minimum absolute atomic E-state index is 0.0647. The molecule has 0 unspecified atom stereocenters. The minimum atomic E-state index is -0.657. The minimum Gasteiger partial charge on any atom is -0.399 e. The van der Waals surface area contributed by atoms with Gasteiger partial charge in [-0.15, -0.1) is 0 Å². The van der Waals surface area contributed by atoms with Gasteiger partial charge in [-0.3, -0.25) is 4.79 Å². The zero-order chi connectivity index (χ0) is 13.4. The summed E-state index contributed by atoms with van der Waals surface area (Å²) in [5.74, 6) is -0.369. The lowest BCUT2D eigenvalue weighted by atomic mass is 10.2. The summed E-state index contributed by atoms with van der Waals surface area (Å²) >= 11 is 0. The van der Waals surface area contributed by atoms with E-state index in [0.717, 1.165) is 10.9 Å². The molecular formula is C12H10N6O. The van der Waals surface area contributed by atoms with Crippen LogP contribution in [0.3, 0.4) is 0 Å². The quantitative estimate of drug-likeness (QED) is 0.646. The van der Waals surface area contributed by atoms with Crippen LogP contribution in [0.1, 0.15) is 10.5 Å². The molecule has 3 aromatic rings. The standard InChI is InChI=1S/C12H10N6O/c13-8-2-1-7-6-17-18(9(7)5-8)12-10(11(14)19)15-3-4-16-12/h1-6H,13H2,(H2,14,19). The fourth-order valence-corrected chi connectivity index (χ4v) is 1.86. The lowest BCUT2D eigenvalue weighted by Crippen LogP contribution is -2.18. The summed E-state index contributed by atoms with van der Waals surface area (Å²) in [5.41, 5.74) is 12.4. The van der Waals surface area contributed by atoms with Crippen LogP contribution in [-0.4, -0.2) is 25.7 Å². The fourth-order valence-electron chi connectivity index (χ4n) is 1.86. The molecule has 0 saturated heterocycles. The van der Waals surface area contributed by atoms with E-state index in [9.17, 15) is 4.79 Å². The Kier molecular flexibility index (Phi) is 2.38. The van der Waals surface area contributed by atoms with E-state index < -0.39 is 5.91 Å². The Hall–Kier alpha value is -2.96. The van der Waals surface area contributed by atoms with Gasteiger partial charge in [-0.05, 0) is 18.2 Å². The average Bonchev–Trinajstić information content (AvgIpc) is 2.81. The summed E-state index contributed by atoms with van der Waals surface area (Å²) in [5, 5.41) is 5.09. The topological polar surface area (TPSA) is 113 Å². The third-order valence-corrected chi connectivity index (χ3v) is 2.71. The first-order valence-electron chi connectivity index (χ1n) is 5.51. The van der Waals surface area contributed by atoms with Crippen LogP contribution in [0.2, 0.25) is 0 Å². The third-order valence-electron chi connectivity index (χ3n) is 2.71. The molecule has 2 aromatic heterocycles. The van der Waals surface area contributed by atoms with E-state index in [1.807, 2.05) is 6.07 Å². The highest BCUT2D eigenvalue weighted by Gasteiger charge is 2.15. The number of aromatic nitrogens is 4. The van der Waals surface area contributed by atoms with Crippen molar-refractivity contribution in [3.63, 3.8) is 0 Å². The van der Waals surface area contributed by atoms with Gasteiger partial charge in [0, 0.05) is 23.5 Å². The predicted octanol–water partition coefficient (Wildman–Crippen LogP) is 0.497. The Morgan fingerprint density at radius 3 is 2.79 bits per heavy atom. The number of benzene rings is 1.